The fourth-order valence-corrected chi connectivity index (χ4v) is 2.79. The summed E-state index contributed by atoms with van der Waals surface area (Å²) in [6.45, 7) is 0. The van der Waals surface area contributed by atoms with Gasteiger partial charge in [0.25, 0.3) is 0 Å². The first-order valence-electron chi connectivity index (χ1n) is 6.62. The summed E-state index contributed by atoms with van der Waals surface area (Å²) in [6.07, 6.45) is 6.55. The van der Waals surface area contributed by atoms with Gasteiger partial charge in [0.1, 0.15) is 5.75 Å². The van der Waals surface area contributed by atoms with Crippen LogP contribution in [0.5, 0.6) is 5.75 Å². The zero-order valence-corrected chi connectivity index (χ0v) is 10.9. The summed E-state index contributed by atoms with van der Waals surface area (Å²) in [6, 6.07) is 9.24. The van der Waals surface area contributed by atoms with Gasteiger partial charge in [-0.3, -0.25) is 0 Å². The molecule has 2 rings (SSSR count). The Morgan fingerprint density at radius 1 is 1.24 bits per heavy atom. The van der Waals surface area contributed by atoms with Crippen LogP contribution in [0.4, 0.5) is 0 Å². The molecule has 1 aromatic carbocycles. The molecule has 0 spiro atoms. The maximum Gasteiger partial charge on any atom is 0.119 e. The van der Waals surface area contributed by atoms with E-state index in [2.05, 4.69) is 30.6 Å². The maximum atomic E-state index is 5.27. The first-order valence-corrected chi connectivity index (χ1v) is 6.62. The Balaban J connectivity index is 1.88. The minimum absolute atomic E-state index is 0.747. The summed E-state index contributed by atoms with van der Waals surface area (Å²) >= 11 is 0. The van der Waals surface area contributed by atoms with Gasteiger partial charge in [0.15, 0.2) is 0 Å². The summed E-state index contributed by atoms with van der Waals surface area (Å²) < 4.78 is 5.27. The van der Waals surface area contributed by atoms with Crippen molar-refractivity contribution in [3.05, 3.63) is 29.8 Å². The van der Waals surface area contributed by atoms with Gasteiger partial charge < -0.3 is 10.1 Å². The van der Waals surface area contributed by atoms with Crippen LogP contribution < -0.4 is 10.1 Å². The first kappa shape index (κ1) is 12.4. The van der Waals surface area contributed by atoms with E-state index in [0.717, 1.165) is 17.7 Å². The van der Waals surface area contributed by atoms with Crippen molar-refractivity contribution in [1.82, 2.24) is 5.32 Å². The summed E-state index contributed by atoms with van der Waals surface area (Å²) in [5.74, 6) is 1.83. The predicted octanol–water partition coefficient (Wildman–Crippen LogP) is 3.02. The fourth-order valence-electron chi connectivity index (χ4n) is 2.79. The Hall–Kier alpha value is -1.02. The van der Waals surface area contributed by atoms with Crippen molar-refractivity contribution < 1.29 is 4.74 Å². The van der Waals surface area contributed by atoms with Crippen LogP contribution in [0.25, 0.3) is 0 Å². The van der Waals surface area contributed by atoms with Gasteiger partial charge in [-0.2, -0.15) is 0 Å². The molecule has 17 heavy (non-hydrogen) atoms. The molecule has 1 fully saturated rings. The van der Waals surface area contributed by atoms with Crippen molar-refractivity contribution >= 4 is 0 Å². The molecule has 1 saturated carbocycles. The van der Waals surface area contributed by atoms with Crippen LogP contribution in [-0.4, -0.2) is 20.2 Å². The van der Waals surface area contributed by atoms with Crippen LogP contribution in [0.1, 0.15) is 31.2 Å². The van der Waals surface area contributed by atoms with E-state index in [-0.39, 0.29) is 0 Å². The molecule has 0 aliphatic heterocycles. The lowest BCUT2D eigenvalue weighted by molar-refractivity contribution is 0.300. The quantitative estimate of drug-likeness (QED) is 0.863. The molecular formula is C15H23NO. The van der Waals surface area contributed by atoms with Crippen LogP contribution in [0.3, 0.4) is 0 Å². The molecule has 0 bridgehead atoms. The van der Waals surface area contributed by atoms with Gasteiger partial charge in [-0.15, -0.1) is 0 Å². The molecule has 0 aromatic heterocycles. The first-order chi connectivity index (χ1) is 8.31. The molecular weight excluding hydrogens is 210 g/mol. The Kier molecular flexibility index (Phi) is 4.43. The second kappa shape index (κ2) is 6.06. The third-order valence-electron chi connectivity index (χ3n) is 3.91. The molecule has 0 radical (unpaired) electrons. The molecule has 1 N–H and O–H groups in total. The van der Waals surface area contributed by atoms with Gasteiger partial charge in [-0.1, -0.05) is 12.1 Å². The summed E-state index contributed by atoms with van der Waals surface area (Å²) in [5.41, 5.74) is 1.41. The van der Waals surface area contributed by atoms with E-state index in [1.807, 2.05) is 6.07 Å². The second-order valence-corrected chi connectivity index (χ2v) is 5.06. The number of hydrogen-bond donors (Lipinski definition) is 1. The third-order valence-corrected chi connectivity index (χ3v) is 3.91. The number of rotatable bonds is 4. The number of methoxy groups -OCH3 is 1. The third kappa shape index (κ3) is 3.47. The highest BCUT2D eigenvalue weighted by Gasteiger charge is 2.20. The average molecular weight is 233 g/mol. The molecule has 1 aromatic rings. The molecule has 0 heterocycles. The van der Waals surface area contributed by atoms with E-state index < -0.39 is 0 Å². The fraction of sp³-hybridized carbons (Fsp3) is 0.600. The normalized spacial score (nSPS) is 24.6. The van der Waals surface area contributed by atoms with Gasteiger partial charge in [0.05, 0.1) is 7.11 Å². The van der Waals surface area contributed by atoms with E-state index >= 15 is 0 Å². The lowest BCUT2D eigenvalue weighted by Gasteiger charge is -2.28. The zero-order valence-electron chi connectivity index (χ0n) is 10.9. The van der Waals surface area contributed by atoms with Crippen LogP contribution in [0, 0.1) is 5.92 Å². The van der Waals surface area contributed by atoms with Crippen molar-refractivity contribution in [3.63, 3.8) is 0 Å². The molecule has 0 amide bonds. The van der Waals surface area contributed by atoms with Crippen molar-refractivity contribution in [1.29, 1.82) is 0 Å². The predicted molar refractivity (Wildman–Crippen MR) is 71.5 cm³/mol. The summed E-state index contributed by atoms with van der Waals surface area (Å²) in [4.78, 5) is 0. The number of nitrogens with one attached hydrogen (secondary N) is 1. The highest BCUT2D eigenvalue weighted by atomic mass is 16.5. The van der Waals surface area contributed by atoms with Crippen molar-refractivity contribution in [3.8, 4) is 5.75 Å². The highest BCUT2D eigenvalue weighted by molar-refractivity contribution is 5.28. The molecule has 1 aliphatic rings. The van der Waals surface area contributed by atoms with Crippen molar-refractivity contribution in [2.45, 2.75) is 38.1 Å². The summed E-state index contributed by atoms with van der Waals surface area (Å²) in [5, 5.41) is 3.39. The van der Waals surface area contributed by atoms with Crippen LogP contribution in [-0.2, 0) is 6.42 Å². The Bertz CT molecular complexity index is 343. The van der Waals surface area contributed by atoms with E-state index in [9.17, 15) is 0 Å². The maximum absolute atomic E-state index is 5.27. The number of hydrogen-bond acceptors (Lipinski definition) is 2. The Morgan fingerprint density at radius 3 is 2.65 bits per heavy atom. The molecule has 94 valence electrons. The minimum Gasteiger partial charge on any atom is -0.497 e. The molecule has 0 saturated heterocycles. The SMILES string of the molecule is CNC1CCC(Cc2cccc(OC)c2)CC1. The lowest BCUT2D eigenvalue weighted by atomic mass is 9.82. The zero-order chi connectivity index (χ0) is 12.1. The smallest absolute Gasteiger partial charge is 0.119 e. The van der Waals surface area contributed by atoms with E-state index in [1.165, 1.54) is 37.7 Å². The lowest BCUT2D eigenvalue weighted by Crippen LogP contribution is -2.30. The number of ether oxygens (including phenoxy) is 1. The van der Waals surface area contributed by atoms with Crippen molar-refractivity contribution in [2.75, 3.05) is 14.2 Å². The molecule has 0 unspecified atom stereocenters. The average Bonchev–Trinajstić information content (AvgIpc) is 2.40. The van der Waals surface area contributed by atoms with Crippen LogP contribution in [0.2, 0.25) is 0 Å². The molecule has 1 aliphatic carbocycles. The summed E-state index contributed by atoms with van der Waals surface area (Å²) in [7, 11) is 3.81. The van der Waals surface area contributed by atoms with E-state index in [0.29, 0.717) is 0 Å². The minimum atomic E-state index is 0.747. The second-order valence-electron chi connectivity index (χ2n) is 5.06. The standard InChI is InChI=1S/C15H23NO/c1-16-14-8-6-12(7-9-14)10-13-4-3-5-15(11-13)17-2/h3-5,11-12,14,16H,6-10H2,1-2H3. The van der Waals surface area contributed by atoms with Gasteiger partial charge in [-0.25, -0.2) is 0 Å². The molecule has 2 heteroatoms. The topological polar surface area (TPSA) is 21.3 Å². The van der Waals surface area contributed by atoms with E-state index in [1.54, 1.807) is 7.11 Å². The van der Waals surface area contributed by atoms with Gasteiger partial charge in [0, 0.05) is 6.04 Å². The van der Waals surface area contributed by atoms with Crippen molar-refractivity contribution in [2.24, 2.45) is 5.92 Å². The van der Waals surface area contributed by atoms with Crippen LogP contribution >= 0.6 is 0 Å². The van der Waals surface area contributed by atoms with Gasteiger partial charge >= 0.3 is 0 Å². The van der Waals surface area contributed by atoms with E-state index in [4.69, 9.17) is 4.74 Å². The van der Waals surface area contributed by atoms with Crippen LogP contribution in [0.15, 0.2) is 24.3 Å². The number of benzene rings is 1. The largest absolute Gasteiger partial charge is 0.497 e. The monoisotopic (exact) mass is 233 g/mol. The highest BCUT2D eigenvalue weighted by Crippen LogP contribution is 2.28. The molecule has 0 atom stereocenters. The van der Waals surface area contributed by atoms with Gasteiger partial charge in [0.2, 0.25) is 0 Å². The Morgan fingerprint density at radius 2 is 2.00 bits per heavy atom. The molecule has 2 nitrogen and oxygen atoms in total. The Labute approximate surface area is 104 Å². The van der Waals surface area contributed by atoms with Gasteiger partial charge in [-0.05, 0) is 62.8 Å².